The van der Waals surface area contributed by atoms with Gasteiger partial charge in [0.2, 0.25) is 5.92 Å². The van der Waals surface area contributed by atoms with Crippen LogP contribution in [0.5, 0.6) is 0 Å². The number of benzene rings is 2. The Hall–Kier alpha value is -3.22. The van der Waals surface area contributed by atoms with Gasteiger partial charge in [-0.15, -0.1) is 0 Å². The van der Waals surface area contributed by atoms with Crippen molar-refractivity contribution in [3.63, 3.8) is 0 Å². The number of fused-ring (bicyclic) bond motifs is 1. The lowest BCUT2D eigenvalue weighted by molar-refractivity contribution is -0.107. The van der Waals surface area contributed by atoms with E-state index in [4.69, 9.17) is 4.74 Å². The fourth-order valence-electron chi connectivity index (χ4n) is 4.41. The van der Waals surface area contributed by atoms with Crippen molar-refractivity contribution >= 4 is 23.0 Å². The number of rotatable bonds is 7. The summed E-state index contributed by atoms with van der Waals surface area (Å²) in [6.45, 7) is 1.86. The van der Waals surface area contributed by atoms with Crippen LogP contribution < -0.4 is 5.32 Å². The van der Waals surface area contributed by atoms with Crippen molar-refractivity contribution in [3.05, 3.63) is 71.3 Å². The molecule has 0 spiro atoms. The van der Waals surface area contributed by atoms with E-state index in [2.05, 4.69) is 15.3 Å². The third-order valence-electron chi connectivity index (χ3n) is 6.34. The molecule has 0 aliphatic heterocycles. The zero-order chi connectivity index (χ0) is 22.7. The zero-order valence-corrected chi connectivity index (χ0v) is 18.2. The maximum atomic E-state index is 13.5. The van der Waals surface area contributed by atoms with Gasteiger partial charge in [0.15, 0.2) is 12.0 Å². The largest absolute Gasteiger partial charge is 0.493 e. The molecule has 2 N–H and O–H groups in total. The van der Waals surface area contributed by atoms with Crippen LogP contribution in [0.3, 0.4) is 0 Å². The van der Waals surface area contributed by atoms with Crippen molar-refractivity contribution < 1.29 is 18.3 Å². The number of halogens is 2. The molecule has 1 fully saturated rings. The molecule has 0 saturated heterocycles. The SMILES string of the molecule is CO/C(C=O)=C(\C)C(Nc1ccc2nc[nH]c2c1)c1ccc(C2CCC(F)(F)CC2)cc1. The van der Waals surface area contributed by atoms with Crippen molar-refractivity contribution in [1.29, 1.82) is 0 Å². The van der Waals surface area contributed by atoms with E-state index in [0.29, 0.717) is 19.1 Å². The second kappa shape index (κ2) is 9.10. The number of aromatic nitrogens is 2. The van der Waals surface area contributed by atoms with E-state index >= 15 is 0 Å². The third-order valence-corrected chi connectivity index (χ3v) is 6.34. The summed E-state index contributed by atoms with van der Waals surface area (Å²) in [5.41, 5.74) is 5.41. The molecular formula is C25H27F2N3O2. The highest BCUT2D eigenvalue weighted by Gasteiger charge is 2.35. The predicted molar refractivity (Wildman–Crippen MR) is 121 cm³/mol. The van der Waals surface area contributed by atoms with E-state index < -0.39 is 5.92 Å². The van der Waals surface area contributed by atoms with Crippen LogP contribution in [0.1, 0.15) is 55.7 Å². The normalized spacial score (nSPS) is 18.1. The van der Waals surface area contributed by atoms with Gasteiger partial charge in [-0.1, -0.05) is 24.3 Å². The Bertz CT molecular complexity index is 1110. The lowest BCUT2D eigenvalue weighted by Gasteiger charge is -2.29. The summed E-state index contributed by atoms with van der Waals surface area (Å²) in [4.78, 5) is 18.9. The monoisotopic (exact) mass is 439 g/mol. The van der Waals surface area contributed by atoms with Gasteiger partial charge in [0.1, 0.15) is 0 Å². The van der Waals surface area contributed by atoms with E-state index in [1.54, 1.807) is 6.33 Å². The van der Waals surface area contributed by atoms with E-state index in [1.165, 1.54) is 7.11 Å². The lowest BCUT2D eigenvalue weighted by Crippen LogP contribution is -2.23. The minimum absolute atomic E-state index is 0.0575. The number of anilines is 1. The van der Waals surface area contributed by atoms with Crippen LogP contribution in [0, 0.1) is 0 Å². The Morgan fingerprint density at radius 2 is 1.94 bits per heavy atom. The number of aromatic amines is 1. The Morgan fingerprint density at radius 3 is 2.59 bits per heavy atom. The van der Waals surface area contributed by atoms with Crippen LogP contribution >= 0.6 is 0 Å². The molecule has 0 bridgehead atoms. The number of alkyl halides is 2. The van der Waals surface area contributed by atoms with E-state index in [0.717, 1.165) is 33.4 Å². The highest BCUT2D eigenvalue weighted by atomic mass is 19.3. The first-order valence-electron chi connectivity index (χ1n) is 10.8. The first-order valence-corrected chi connectivity index (χ1v) is 10.8. The number of hydrogen-bond acceptors (Lipinski definition) is 4. The molecule has 1 heterocycles. The summed E-state index contributed by atoms with van der Waals surface area (Å²) in [7, 11) is 1.48. The second-order valence-electron chi connectivity index (χ2n) is 8.38. The minimum Gasteiger partial charge on any atom is -0.493 e. The molecule has 1 atom stereocenters. The molecule has 0 amide bonds. The molecule has 1 aromatic heterocycles. The maximum Gasteiger partial charge on any atom is 0.248 e. The number of hydrogen-bond donors (Lipinski definition) is 2. The summed E-state index contributed by atoms with van der Waals surface area (Å²) in [5, 5.41) is 3.49. The molecule has 1 saturated carbocycles. The number of nitrogens with zero attached hydrogens (tertiary/aromatic N) is 1. The summed E-state index contributed by atoms with van der Waals surface area (Å²) in [6.07, 6.45) is 3.23. The molecule has 4 rings (SSSR count). The fourth-order valence-corrected chi connectivity index (χ4v) is 4.41. The molecule has 7 heteroatoms. The molecule has 5 nitrogen and oxygen atoms in total. The van der Waals surface area contributed by atoms with E-state index in [-0.39, 0.29) is 30.6 Å². The average Bonchev–Trinajstić information content (AvgIpc) is 3.26. The highest BCUT2D eigenvalue weighted by Crippen LogP contribution is 2.41. The number of imidazole rings is 1. The van der Waals surface area contributed by atoms with Crippen molar-refractivity contribution in [2.24, 2.45) is 0 Å². The smallest absolute Gasteiger partial charge is 0.248 e. The topological polar surface area (TPSA) is 67.0 Å². The first-order chi connectivity index (χ1) is 15.4. The maximum absolute atomic E-state index is 13.5. The Kier molecular flexibility index (Phi) is 6.26. The summed E-state index contributed by atoms with van der Waals surface area (Å²) in [6, 6.07) is 13.5. The van der Waals surface area contributed by atoms with Gasteiger partial charge in [-0.05, 0) is 60.6 Å². The van der Waals surface area contributed by atoms with Crippen molar-refractivity contribution in [2.75, 3.05) is 12.4 Å². The number of nitrogens with one attached hydrogen (secondary N) is 2. The van der Waals surface area contributed by atoms with Crippen LogP contribution in [0.2, 0.25) is 0 Å². The van der Waals surface area contributed by atoms with Gasteiger partial charge >= 0.3 is 0 Å². The van der Waals surface area contributed by atoms with Gasteiger partial charge in [0, 0.05) is 18.5 Å². The number of ether oxygens (including phenoxy) is 1. The summed E-state index contributed by atoms with van der Waals surface area (Å²) in [5.74, 6) is -2.11. The number of carbonyl (C=O) groups excluding carboxylic acids is 1. The van der Waals surface area contributed by atoms with Crippen LogP contribution in [0.4, 0.5) is 14.5 Å². The highest BCUT2D eigenvalue weighted by molar-refractivity contribution is 5.79. The van der Waals surface area contributed by atoms with Gasteiger partial charge in [-0.3, -0.25) is 4.79 Å². The number of methoxy groups -OCH3 is 1. The first kappa shape index (κ1) is 22.0. The lowest BCUT2D eigenvalue weighted by atomic mass is 9.82. The van der Waals surface area contributed by atoms with Crippen molar-refractivity contribution in [1.82, 2.24) is 9.97 Å². The molecule has 2 aromatic carbocycles. The molecule has 3 aromatic rings. The molecule has 0 radical (unpaired) electrons. The van der Waals surface area contributed by atoms with Gasteiger partial charge in [0.05, 0.1) is 30.5 Å². The third kappa shape index (κ3) is 4.66. The average molecular weight is 440 g/mol. The molecule has 168 valence electrons. The predicted octanol–water partition coefficient (Wildman–Crippen LogP) is 6.13. The van der Waals surface area contributed by atoms with E-state index in [9.17, 15) is 13.6 Å². The van der Waals surface area contributed by atoms with Gasteiger partial charge in [0.25, 0.3) is 0 Å². The summed E-state index contributed by atoms with van der Waals surface area (Å²) < 4.78 is 32.3. The molecule has 1 aliphatic rings. The molecule has 1 aliphatic carbocycles. The van der Waals surface area contributed by atoms with Crippen LogP contribution in [-0.2, 0) is 9.53 Å². The van der Waals surface area contributed by atoms with Crippen LogP contribution in [0.15, 0.2) is 60.1 Å². The number of aldehydes is 1. The van der Waals surface area contributed by atoms with Gasteiger partial charge in [-0.2, -0.15) is 0 Å². The molecule has 32 heavy (non-hydrogen) atoms. The Balaban J connectivity index is 1.62. The Labute approximate surface area is 185 Å². The summed E-state index contributed by atoms with van der Waals surface area (Å²) >= 11 is 0. The number of allylic oxidation sites excluding steroid dienone is 1. The van der Waals surface area contributed by atoms with Gasteiger partial charge < -0.3 is 15.0 Å². The van der Waals surface area contributed by atoms with Crippen LogP contribution in [0.25, 0.3) is 11.0 Å². The number of H-pyrrole nitrogens is 1. The Morgan fingerprint density at radius 1 is 1.22 bits per heavy atom. The molecular weight excluding hydrogens is 412 g/mol. The minimum atomic E-state index is -2.53. The standard InChI is InChI=1S/C25H27F2N3O2/c1-16(23(14-31)32-2)24(30-20-7-8-21-22(13-20)29-15-28-21)19-5-3-17(4-6-19)18-9-11-25(26,27)12-10-18/h3-8,13-15,18,24,30H,9-12H2,1-2H3,(H,28,29)/b23-16+. The number of carbonyl (C=O) groups is 1. The zero-order valence-electron chi connectivity index (χ0n) is 18.2. The van der Waals surface area contributed by atoms with Gasteiger partial charge in [-0.25, -0.2) is 13.8 Å². The van der Waals surface area contributed by atoms with Crippen LogP contribution in [-0.4, -0.2) is 29.3 Å². The van der Waals surface area contributed by atoms with Crippen molar-refractivity contribution in [3.8, 4) is 0 Å². The van der Waals surface area contributed by atoms with Crippen molar-refractivity contribution in [2.45, 2.75) is 50.5 Å². The molecule has 1 unspecified atom stereocenters. The quantitative estimate of drug-likeness (QED) is 0.264. The fraction of sp³-hybridized carbons (Fsp3) is 0.360. The van der Waals surface area contributed by atoms with E-state index in [1.807, 2.05) is 49.4 Å². The second-order valence-corrected chi connectivity index (χ2v) is 8.38.